The summed E-state index contributed by atoms with van der Waals surface area (Å²) < 4.78 is 13.1. The van der Waals surface area contributed by atoms with Gasteiger partial charge >= 0.3 is 5.97 Å². The van der Waals surface area contributed by atoms with Gasteiger partial charge in [-0.2, -0.15) is 0 Å². The molecular formula is C19H15FN2O3. The van der Waals surface area contributed by atoms with Crippen molar-refractivity contribution >= 4 is 22.6 Å². The summed E-state index contributed by atoms with van der Waals surface area (Å²) in [5, 5.41) is 13.6. The zero-order chi connectivity index (χ0) is 18.0. The van der Waals surface area contributed by atoms with E-state index in [1.165, 1.54) is 25.3 Å². The van der Waals surface area contributed by atoms with Gasteiger partial charge in [0.05, 0.1) is 0 Å². The van der Waals surface area contributed by atoms with E-state index in [2.05, 4.69) is 10.3 Å². The maximum absolute atomic E-state index is 13.1. The maximum Gasteiger partial charge on any atom is 0.333 e. The number of aromatic nitrogens is 1. The highest BCUT2D eigenvalue weighted by Gasteiger charge is 2.37. The van der Waals surface area contributed by atoms with E-state index < -0.39 is 23.2 Å². The van der Waals surface area contributed by atoms with Crippen molar-refractivity contribution in [2.75, 3.05) is 0 Å². The standard InChI is InChI=1S/C19H15FN2O3/c1-19(18(24)25,13-6-8-14(20)9-7-13)22-17(23)16-15-5-3-2-4-12(15)10-11-21-16/h2-11H,1H3,(H,22,23)(H,24,25). The van der Waals surface area contributed by atoms with Gasteiger partial charge in [-0.1, -0.05) is 36.4 Å². The Morgan fingerprint density at radius 3 is 2.44 bits per heavy atom. The molecule has 1 unspecified atom stereocenters. The summed E-state index contributed by atoms with van der Waals surface area (Å²) in [6, 6.07) is 13.9. The fourth-order valence-electron chi connectivity index (χ4n) is 2.62. The topological polar surface area (TPSA) is 79.3 Å². The minimum Gasteiger partial charge on any atom is -0.479 e. The number of nitrogens with zero attached hydrogens (tertiary/aromatic N) is 1. The van der Waals surface area contributed by atoms with Crippen LogP contribution in [0.25, 0.3) is 10.8 Å². The quantitative estimate of drug-likeness (QED) is 0.766. The molecule has 1 aromatic heterocycles. The molecule has 126 valence electrons. The highest BCUT2D eigenvalue weighted by molar-refractivity contribution is 6.06. The van der Waals surface area contributed by atoms with Crippen molar-refractivity contribution in [3.8, 4) is 0 Å². The minimum absolute atomic E-state index is 0.132. The lowest BCUT2D eigenvalue weighted by molar-refractivity contribution is -0.144. The Hall–Kier alpha value is -3.28. The molecule has 0 bridgehead atoms. The van der Waals surface area contributed by atoms with Gasteiger partial charge in [-0.25, -0.2) is 9.18 Å². The largest absolute Gasteiger partial charge is 0.479 e. The summed E-state index contributed by atoms with van der Waals surface area (Å²) >= 11 is 0. The van der Waals surface area contributed by atoms with Crippen LogP contribution in [0.15, 0.2) is 60.8 Å². The fourth-order valence-corrected chi connectivity index (χ4v) is 2.62. The van der Waals surface area contributed by atoms with Crippen LogP contribution in [-0.4, -0.2) is 22.0 Å². The van der Waals surface area contributed by atoms with Gasteiger partial charge in [0.15, 0.2) is 5.54 Å². The lowest BCUT2D eigenvalue weighted by Gasteiger charge is -2.26. The van der Waals surface area contributed by atoms with Gasteiger partial charge in [-0.15, -0.1) is 0 Å². The lowest BCUT2D eigenvalue weighted by atomic mass is 9.91. The lowest BCUT2D eigenvalue weighted by Crippen LogP contribution is -2.49. The van der Waals surface area contributed by atoms with Gasteiger partial charge in [0, 0.05) is 11.6 Å². The first-order valence-electron chi connectivity index (χ1n) is 7.57. The number of amides is 1. The Morgan fingerprint density at radius 2 is 1.76 bits per heavy atom. The highest BCUT2D eigenvalue weighted by atomic mass is 19.1. The second-order valence-electron chi connectivity index (χ2n) is 5.77. The first kappa shape index (κ1) is 16.6. The summed E-state index contributed by atoms with van der Waals surface area (Å²) in [6.45, 7) is 1.35. The predicted molar refractivity (Wildman–Crippen MR) is 90.6 cm³/mol. The van der Waals surface area contributed by atoms with E-state index in [9.17, 15) is 19.1 Å². The van der Waals surface area contributed by atoms with Crippen molar-refractivity contribution in [2.24, 2.45) is 0 Å². The second-order valence-corrected chi connectivity index (χ2v) is 5.77. The van der Waals surface area contributed by atoms with Crippen LogP contribution in [0, 0.1) is 5.82 Å². The molecular weight excluding hydrogens is 323 g/mol. The van der Waals surface area contributed by atoms with Crippen molar-refractivity contribution in [1.82, 2.24) is 10.3 Å². The summed E-state index contributed by atoms with van der Waals surface area (Å²) in [5.41, 5.74) is -1.33. The van der Waals surface area contributed by atoms with Gasteiger partial charge < -0.3 is 10.4 Å². The third-order valence-electron chi connectivity index (χ3n) is 4.10. The number of rotatable bonds is 4. The Kier molecular flexibility index (Phi) is 4.19. The van der Waals surface area contributed by atoms with E-state index >= 15 is 0 Å². The molecule has 0 saturated carbocycles. The molecule has 0 aliphatic rings. The van der Waals surface area contributed by atoms with E-state index in [0.29, 0.717) is 5.39 Å². The van der Waals surface area contributed by atoms with Crippen LogP contribution >= 0.6 is 0 Å². The number of carboxylic acids is 1. The zero-order valence-electron chi connectivity index (χ0n) is 13.4. The number of carbonyl (C=O) groups excluding carboxylic acids is 1. The second kappa shape index (κ2) is 6.32. The number of halogens is 1. The van der Waals surface area contributed by atoms with Crippen molar-refractivity contribution in [3.05, 3.63) is 77.9 Å². The molecule has 0 aliphatic heterocycles. The zero-order valence-corrected chi connectivity index (χ0v) is 13.4. The van der Waals surface area contributed by atoms with Gasteiger partial charge in [0.2, 0.25) is 0 Å². The first-order chi connectivity index (χ1) is 11.9. The molecule has 3 rings (SSSR count). The Bertz CT molecular complexity index is 951. The molecule has 0 aliphatic carbocycles. The Balaban J connectivity index is 2.01. The summed E-state index contributed by atoms with van der Waals surface area (Å²) in [6.07, 6.45) is 1.49. The molecule has 25 heavy (non-hydrogen) atoms. The van der Waals surface area contributed by atoms with Gasteiger partial charge in [-0.05, 0) is 36.1 Å². The van der Waals surface area contributed by atoms with E-state index in [0.717, 1.165) is 17.5 Å². The third-order valence-corrected chi connectivity index (χ3v) is 4.10. The fraction of sp³-hybridized carbons (Fsp3) is 0.105. The number of nitrogens with one attached hydrogen (secondary N) is 1. The van der Waals surface area contributed by atoms with Crippen LogP contribution < -0.4 is 5.32 Å². The molecule has 6 heteroatoms. The van der Waals surface area contributed by atoms with E-state index in [1.807, 2.05) is 12.1 Å². The average molecular weight is 338 g/mol. The molecule has 0 fully saturated rings. The molecule has 2 aromatic carbocycles. The smallest absolute Gasteiger partial charge is 0.333 e. The molecule has 0 saturated heterocycles. The van der Waals surface area contributed by atoms with Crippen molar-refractivity contribution in [2.45, 2.75) is 12.5 Å². The van der Waals surface area contributed by atoms with Gasteiger partial charge in [0.25, 0.3) is 5.91 Å². The number of fused-ring (bicyclic) bond motifs is 1. The first-order valence-corrected chi connectivity index (χ1v) is 7.57. The number of benzene rings is 2. The molecule has 1 amide bonds. The van der Waals surface area contributed by atoms with Crippen molar-refractivity contribution in [3.63, 3.8) is 0 Å². The third kappa shape index (κ3) is 3.06. The average Bonchev–Trinajstić information content (AvgIpc) is 2.61. The van der Waals surface area contributed by atoms with Crippen molar-refractivity contribution < 1.29 is 19.1 Å². The summed E-state index contributed by atoms with van der Waals surface area (Å²) in [7, 11) is 0. The number of carbonyl (C=O) groups is 2. The van der Waals surface area contributed by atoms with E-state index in [1.54, 1.807) is 18.2 Å². The minimum atomic E-state index is -1.72. The van der Waals surface area contributed by atoms with Crippen LogP contribution in [-0.2, 0) is 10.3 Å². The highest BCUT2D eigenvalue weighted by Crippen LogP contribution is 2.23. The number of hydrogen-bond acceptors (Lipinski definition) is 3. The van der Waals surface area contributed by atoms with Crippen LogP contribution in [0.4, 0.5) is 4.39 Å². The van der Waals surface area contributed by atoms with Crippen LogP contribution in [0.1, 0.15) is 23.0 Å². The van der Waals surface area contributed by atoms with E-state index in [-0.39, 0.29) is 11.3 Å². The van der Waals surface area contributed by atoms with Crippen LogP contribution in [0.3, 0.4) is 0 Å². The maximum atomic E-state index is 13.1. The monoisotopic (exact) mass is 338 g/mol. The molecule has 2 N–H and O–H groups in total. The molecule has 1 heterocycles. The Morgan fingerprint density at radius 1 is 1.08 bits per heavy atom. The van der Waals surface area contributed by atoms with Gasteiger partial charge in [0.1, 0.15) is 11.5 Å². The molecule has 1 atom stereocenters. The summed E-state index contributed by atoms with van der Waals surface area (Å²) in [5.74, 6) is -2.36. The number of carboxylic acid groups (broad SMARTS) is 1. The van der Waals surface area contributed by atoms with Crippen LogP contribution in [0.5, 0.6) is 0 Å². The number of pyridine rings is 1. The predicted octanol–water partition coefficient (Wildman–Crippen LogP) is 3.10. The molecule has 0 spiro atoms. The molecule has 5 nitrogen and oxygen atoms in total. The van der Waals surface area contributed by atoms with Gasteiger partial charge in [-0.3, -0.25) is 9.78 Å². The number of hydrogen-bond donors (Lipinski definition) is 2. The SMILES string of the molecule is CC(NC(=O)c1nccc2ccccc12)(C(=O)O)c1ccc(F)cc1. The normalized spacial score (nSPS) is 13.2. The van der Waals surface area contributed by atoms with Crippen LogP contribution in [0.2, 0.25) is 0 Å². The number of aliphatic carboxylic acids is 1. The van der Waals surface area contributed by atoms with E-state index in [4.69, 9.17) is 0 Å². The summed E-state index contributed by atoms with van der Waals surface area (Å²) in [4.78, 5) is 28.6. The molecule has 3 aromatic rings. The Labute approximate surface area is 143 Å². The molecule has 0 radical (unpaired) electrons. The van der Waals surface area contributed by atoms with Crippen molar-refractivity contribution in [1.29, 1.82) is 0 Å².